The number of fused-ring (bicyclic) bond motifs is 5. The number of rotatable bonds is 3. The van der Waals surface area contributed by atoms with Crippen molar-refractivity contribution in [1.29, 1.82) is 0 Å². The molecule has 2 aromatic heterocycles. The molecule has 158 valence electrons. The molecule has 1 aromatic carbocycles. The quantitative estimate of drug-likeness (QED) is 0.502. The molecule has 0 saturated carbocycles. The van der Waals surface area contributed by atoms with Crippen LogP contribution in [0.5, 0.6) is 0 Å². The topological polar surface area (TPSA) is 21.1 Å². The van der Waals surface area contributed by atoms with Gasteiger partial charge in [-0.15, -0.1) is 0 Å². The first-order valence-electron chi connectivity index (χ1n) is 10.5. The Bertz CT molecular complexity index is 1070. The number of piperidine rings is 1. The van der Waals surface area contributed by atoms with Crippen molar-refractivity contribution in [2.75, 3.05) is 13.1 Å². The highest BCUT2D eigenvalue weighted by Gasteiger charge is 2.34. The van der Waals surface area contributed by atoms with E-state index in [0.29, 0.717) is 24.0 Å². The lowest BCUT2D eigenvalue weighted by Crippen LogP contribution is -2.39. The lowest BCUT2D eigenvalue weighted by atomic mass is 9.89. The molecule has 2 aliphatic rings. The molecule has 0 N–H and O–H groups in total. The minimum Gasteiger partial charge on any atom is -0.329 e. The summed E-state index contributed by atoms with van der Waals surface area (Å²) in [5, 5.41) is 1.76. The van der Waals surface area contributed by atoms with Crippen molar-refractivity contribution in [3.8, 4) is 0 Å². The first-order valence-corrected chi connectivity index (χ1v) is 10.9. The van der Waals surface area contributed by atoms with Crippen LogP contribution < -0.4 is 0 Å². The van der Waals surface area contributed by atoms with Crippen molar-refractivity contribution in [1.82, 2.24) is 14.5 Å². The van der Waals surface area contributed by atoms with Crippen LogP contribution in [0.2, 0.25) is 5.02 Å². The van der Waals surface area contributed by atoms with Gasteiger partial charge in [-0.2, -0.15) is 13.2 Å². The molecule has 7 heteroatoms. The van der Waals surface area contributed by atoms with Crippen LogP contribution in [0.25, 0.3) is 11.0 Å². The second-order valence-electron chi connectivity index (χ2n) is 8.28. The monoisotopic (exact) mass is 433 g/mol. The molecule has 3 aromatic rings. The number of halogens is 4. The average Bonchev–Trinajstić information content (AvgIpc) is 3.05. The van der Waals surface area contributed by atoms with E-state index < -0.39 is 11.7 Å². The Hall–Kier alpha value is -2.05. The first-order chi connectivity index (χ1) is 14.4. The van der Waals surface area contributed by atoms with E-state index >= 15 is 0 Å². The molecule has 0 aliphatic carbocycles. The minimum atomic E-state index is -4.30. The van der Waals surface area contributed by atoms with Gasteiger partial charge in [0.1, 0.15) is 5.65 Å². The molecule has 0 bridgehead atoms. The second-order valence-corrected chi connectivity index (χ2v) is 8.72. The smallest absolute Gasteiger partial charge is 0.329 e. The van der Waals surface area contributed by atoms with Gasteiger partial charge in [-0.3, -0.25) is 4.90 Å². The molecule has 2 aliphatic heterocycles. The summed E-state index contributed by atoms with van der Waals surface area (Å²) in [5.41, 5.74) is 3.89. The third-order valence-electron chi connectivity index (χ3n) is 6.50. The van der Waals surface area contributed by atoms with Gasteiger partial charge in [0.15, 0.2) is 0 Å². The summed E-state index contributed by atoms with van der Waals surface area (Å²) < 4.78 is 40.8. The Kier molecular flexibility index (Phi) is 5.02. The summed E-state index contributed by atoms with van der Waals surface area (Å²) in [5.74, 6) is 0. The van der Waals surface area contributed by atoms with E-state index in [-0.39, 0.29) is 0 Å². The standard InChI is InChI=1S/C23H23ClF3N3/c24-17-13-18-21-19-3-1-2-10-29(19)11-9-20(21)30(22(18)28-14-17)12-8-15-4-6-16(7-5-15)23(25,26)27/h4-7,13-14,19H,1-3,8-12H2. The number of aromatic nitrogens is 2. The highest BCUT2D eigenvalue weighted by molar-refractivity contribution is 6.31. The van der Waals surface area contributed by atoms with E-state index in [2.05, 4.69) is 14.5 Å². The van der Waals surface area contributed by atoms with Crippen LogP contribution in [0.3, 0.4) is 0 Å². The van der Waals surface area contributed by atoms with E-state index in [1.54, 1.807) is 18.3 Å². The molecule has 5 rings (SSSR count). The van der Waals surface area contributed by atoms with Crippen molar-refractivity contribution in [2.45, 2.75) is 50.9 Å². The van der Waals surface area contributed by atoms with E-state index in [1.807, 2.05) is 6.07 Å². The van der Waals surface area contributed by atoms with Gasteiger partial charge < -0.3 is 4.57 Å². The molecular formula is C23H23ClF3N3. The van der Waals surface area contributed by atoms with E-state index in [1.165, 1.54) is 24.1 Å². The van der Waals surface area contributed by atoms with Gasteiger partial charge in [0.2, 0.25) is 0 Å². The Morgan fingerprint density at radius 2 is 1.90 bits per heavy atom. The molecule has 1 unspecified atom stereocenters. The zero-order valence-corrected chi connectivity index (χ0v) is 17.3. The second kappa shape index (κ2) is 7.57. The summed E-state index contributed by atoms with van der Waals surface area (Å²) >= 11 is 6.29. The summed E-state index contributed by atoms with van der Waals surface area (Å²) in [6.45, 7) is 2.87. The Balaban J connectivity index is 1.49. The van der Waals surface area contributed by atoms with E-state index in [0.717, 1.165) is 54.7 Å². The Morgan fingerprint density at radius 1 is 1.10 bits per heavy atom. The zero-order chi connectivity index (χ0) is 20.9. The van der Waals surface area contributed by atoms with Crippen molar-refractivity contribution in [2.24, 2.45) is 0 Å². The molecule has 30 heavy (non-hydrogen) atoms. The fraction of sp³-hybridized carbons (Fsp3) is 0.435. The SMILES string of the molecule is FC(F)(F)c1ccc(CCn2c3c(c4cc(Cl)cnc42)C2CCCCN2CC3)cc1. The van der Waals surface area contributed by atoms with Gasteiger partial charge in [-0.25, -0.2) is 4.98 Å². The maximum Gasteiger partial charge on any atom is 0.416 e. The van der Waals surface area contributed by atoms with Gasteiger partial charge in [0, 0.05) is 42.8 Å². The molecule has 0 spiro atoms. The van der Waals surface area contributed by atoms with Crippen LogP contribution in [-0.2, 0) is 25.6 Å². The van der Waals surface area contributed by atoms with Crippen LogP contribution in [0, 0.1) is 0 Å². The predicted molar refractivity (Wildman–Crippen MR) is 112 cm³/mol. The summed E-state index contributed by atoms with van der Waals surface area (Å²) in [6, 6.07) is 7.92. The fourth-order valence-corrected chi connectivity index (χ4v) is 5.25. The van der Waals surface area contributed by atoms with Crippen molar-refractivity contribution >= 4 is 22.6 Å². The predicted octanol–water partition coefficient (Wildman–Crippen LogP) is 6.03. The molecule has 3 nitrogen and oxygen atoms in total. The molecule has 0 radical (unpaired) electrons. The van der Waals surface area contributed by atoms with Gasteiger partial charge in [0.05, 0.1) is 10.6 Å². The third-order valence-corrected chi connectivity index (χ3v) is 6.71. The van der Waals surface area contributed by atoms with Crippen LogP contribution >= 0.6 is 11.6 Å². The third kappa shape index (κ3) is 3.50. The van der Waals surface area contributed by atoms with Gasteiger partial charge in [0.25, 0.3) is 0 Å². The summed E-state index contributed by atoms with van der Waals surface area (Å²) in [6.07, 6.45) is 2.63. The Morgan fingerprint density at radius 3 is 2.67 bits per heavy atom. The molecule has 1 fully saturated rings. The van der Waals surface area contributed by atoms with Crippen LogP contribution in [0.15, 0.2) is 36.5 Å². The first kappa shape index (κ1) is 19.9. The maximum atomic E-state index is 12.8. The largest absolute Gasteiger partial charge is 0.416 e. The van der Waals surface area contributed by atoms with Gasteiger partial charge >= 0.3 is 6.18 Å². The van der Waals surface area contributed by atoms with Crippen molar-refractivity contribution in [3.05, 3.63) is 63.9 Å². The number of hydrogen-bond acceptors (Lipinski definition) is 2. The van der Waals surface area contributed by atoms with Gasteiger partial charge in [-0.05, 0) is 55.1 Å². The molecule has 4 heterocycles. The summed E-state index contributed by atoms with van der Waals surface area (Å²) in [7, 11) is 0. The van der Waals surface area contributed by atoms with Crippen molar-refractivity contribution < 1.29 is 13.2 Å². The highest BCUT2D eigenvalue weighted by Crippen LogP contribution is 2.42. The maximum absolute atomic E-state index is 12.8. The van der Waals surface area contributed by atoms with E-state index in [4.69, 9.17) is 11.6 Å². The fourth-order valence-electron chi connectivity index (χ4n) is 5.09. The van der Waals surface area contributed by atoms with Crippen LogP contribution in [0.4, 0.5) is 13.2 Å². The molecule has 1 saturated heterocycles. The number of benzene rings is 1. The number of nitrogens with zero attached hydrogens (tertiary/aromatic N) is 3. The minimum absolute atomic E-state index is 0.414. The number of pyridine rings is 1. The normalized spacial score (nSPS) is 19.7. The van der Waals surface area contributed by atoms with Crippen LogP contribution in [0.1, 0.15) is 47.7 Å². The molecule has 1 atom stereocenters. The zero-order valence-electron chi connectivity index (χ0n) is 16.6. The number of aryl methyl sites for hydroxylation is 2. The Labute approximate surface area is 178 Å². The lowest BCUT2D eigenvalue weighted by molar-refractivity contribution is -0.137. The molecule has 0 amide bonds. The van der Waals surface area contributed by atoms with Crippen LogP contribution in [-0.4, -0.2) is 27.5 Å². The highest BCUT2D eigenvalue weighted by atomic mass is 35.5. The van der Waals surface area contributed by atoms with Gasteiger partial charge in [-0.1, -0.05) is 30.2 Å². The lowest BCUT2D eigenvalue weighted by Gasteiger charge is -2.39. The average molecular weight is 434 g/mol. The summed E-state index contributed by atoms with van der Waals surface area (Å²) in [4.78, 5) is 7.22. The number of hydrogen-bond donors (Lipinski definition) is 0. The van der Waals surface area contributed by atoms with E-state index in [9.17, 15) is 13.2 Å². The molecular weight excluding hydrogens is 411 g/mol. The number of alkyl halides is 3. The van der Waals surface area contributed by atoms with Crippen molar-refractivity contribution in [3.63, 3.8) is 0 Å².